The Morgan fingerprint density at radius 3 is 2.73 bits per heavy atom. The molecule has 2 heterocycles. The third-order valence-corrected chi connectivity index (χ3v) is 6.17. The van der Waals surface area contributed by atoms with Crippen molar-refractivity contribution in [3.05, 3.63) is 50.8 Å². The van der Waals surface area contributed by atoms with Crippen LogP contribution in [0.15, 0.2) is 45.2 Å². The largest absolute Gasteiger partial charge is 0.352 e. The van der Waals surface area contributed by atoms with Gasteiger partial charge in [-0.15, -0.1) is 11.3 Å². The first-order chi connectivity index (χ1) is 12.6. The van der Waals surface area contributed by atoms with Gasteiger partial charge in [-0.2, -0.15) is 0 Å². The number of hydrogen-bond donors (Lipinski definition) is 1. The van der Waals surface area contributed by atoms with Crippen LogP contribution in [0.25, 0.3) is 21.3 Å². The third-order valence-electron chi connectivity index (χ3n) is 4.75. The highest BCUT2D eigenvalue weighted by molar-refractivity contribution is 9.10. The molecule has 1 aliphatic rings. The van der Waals surface area contributed by atoms with Gasteiger partial charge in [0.1, 0.15) is 11.4 Å². The van der Waals surface area contributed by atoms with Crippen LogP contribution < -0.4 is 10.9 Å². The number of nitrogens with zero attached hydrogens (tertiary/aromatic N) is 2. The van der Waals surface area contributed by atoms with Crippen molar-refractivity contribution in [2.75, 3.05) is 0 Å². The Labute approximate surface area is 163 Å². The maximum absolute atomic E-state index is 13.0. The quantitative estimate of drug-likeness (QED) is 0.679. The monoisotopic (exact) mass is 431 g/mol. The number of amides is 1. The standard InChI is InChI=1S/C19H18BrN3O2S/c20-13-7-5-12(6-8-13)15-10-26-18-17(15)19(25)23(11-21-18)9-16(24)22-14-3-1-2-4-14/h5-8,10-11,14H,1-4,9H2,(H,22,24). The van der Waals surface area contributed by atoms with Crippen molar-refractivity contribution in [2.24, 2.45) is 0 Å². The summed E-state index contributed by atoms with van der Waals surface area (Å²) in [6.07, 6.45) is 5.83. The fourth-order valence-electron chi connectivity index (χ4n) is 3.42. The second kappa shape index (κ2) is 7.32. The molecule has 1 fully saturated rings. The summed E-state index contributed by atoms with van der Waals surface area (Å²) in [5, 5.41) is 5.55. The molecule has 0 saturated heterocycles. The molecule has 1 aromatic carbocycles. The zero-order valence-electron chi connectivity index (χ0n) is 14.1. The van der Waals surface area contributed by atoms with Crippen LogP contribution in [-0.2, 0) is 11.3 Å². The number of carbonyl (C=O) groups is 1. The molecule has 4 rings (SSSR count). The molecule has 2 aromatic heterocycles. The second-order valence-corrected chi connectivity index (χ2v) is 8.34. The Morgan fingerprint density at radius 1 is 1.27 bits per heavy atom. The molecule has 3 aromatic rings. The number of hydrogen-bond acceptors (Lipinski definition) is 4. The maximum atomic E-state index is 13.0. The van der Waals surface area contributed by atoms with Crippen molar-refractivity contribution in [2.45, 2.75) is 38.3 Å². The summed E-state index contributed by atoms with van der Waals surface area (Å²) in [5.74, 6) is -0.124. The molecule has 0 spiro atoms. The molecule has 1 aliphatic carbocycles. The van der Waals surface area contributed by atoms with E-state index in [1.54, 1.807) is 0 Å². The Bertz CT molecular complexity index is 1000. The molecule has 0 radical (unpaired) electrons. The van der Waals surface area contributed by atoms with Crippen molar-refractivity contribution in [1.82, 2.24) is 14.9 Å². The normalized spacial score (nSPS) is 14.8. The number of aromatic nitrogens is 2. The lowest BCUT2D eigenvalue weighted by Gasteiger charge is -2.12. The molecule has 1 saturated carbocycles. The fourth-order valence-corrected chi connectivity index (χ4v) is 4.59. The number of benzene rings is 1. The highest BCUT2D eigenvalue weighted by Gasteiger charge is 2.19. The lowest BCUT2D eigenvalue weighted by Crippen LogP contribution is -2.37. The van der Waals surface area contributed by atoms with Crippen LogP contribution in [0.5, 0.6) is 0 Å². The zero-order valence-corrected chi connectivity index (χ0v) is 16.5. The van der Waals surface area contributed by atoms with E-state index in [0.29, 0.717) is 10.2 Å². The van der Waals surface area contributed by atoms with Crippen LogP contribution in [-0.4, -0.2) is 21.5 Å². The molecule has 5 nitrogen and oxygen atoms in total. The minimum atomic E-state index is -0.171. The summed E-state index contributed by atoms with van der Waals surface area (Å²) in [5.41, 5.74) is 1.66. The smallest absolute Gasteiger partial charge is 0.263 e. The van der Waals surface area contributed by atoms with Crippen molar-refractivity contribution in [3.8, 4) is 11.1 Å². The lowest BCUT2D eigenvalue weighted by molar-refractivity contribution is -0.122. The fraction of sp³-hybridized carbons (Fsp3) is 0.316. The summed E-state index contributed by atoms with van der Waals surface area (Å²) >= 11 is 4.87. The number of carbonyl (C=O) groups excluding carboxylic acids is 1. The van der Waals surface area contributed by atoms with Crippen molar-refractivity contribution >= 4 is 43.4 Å². The van der Waals surface area contributed by atoms with Crippen LogP contribution in [0.1, 0.15) is 25.7 Å². The predicted octanol–water partition coefficient (Wildman–Crippen LogP) is 3.95. The van der Waals surface area contributed by atoms with Gasteiger partial charge in [0.05, 0.1) is 11.7 Å². The van der Waals surface area contributed by atoms with Gasteiger partial charge in [0, 0.05) is 21.5 Å². The van der Waals surface area contributed by atoms with E-state index in [1.807, 2.05) is 29.6 Å². The van der Waals surface area contributed by atoms with Crippen molar-refractivity contribution in [3.63, 3.8) is 0 Å². The van der Waals surface area contributed by atoms with Gasteiger partial charge in [-0.05, 0) is 30.5 Å². The van der Waals surface area contributed by atoms with Gasteiger partial charge in [0.15, 0.2) is 0 Å². The van der Waals surface area contributed by atoms with E-state index >= 15 is 0 Å². The zero-order chi connectivity index (χ0) is 18.1. The molecule has 0 aliphatic heterocycles. The van der Waals surface area contributed by atoms with Gasteiger partial charge in [-0.3, -0.25) is 14.2 Å². The Balaban J connectivity index is 1.65. The van der Waals surface area contributed by atoms with E-state index < -0.39 is 0 Å². The third kappa shape index (κ3) is 3.46. The molecule has 1 N–H and O–H groups in total. The summed E-state index contributed by atoms with van der Waals surface area (Å²) in [6.45, 7) is 0.00784. The number of halogens is 1. The Hall–Kier alpha value is -1.99. The predicted molar refractivity (Wildman–Crippen MR) is 107 cm³/mol. The van der Waals surface area contributed by atoms with Crippen molar-refractivity contribution in [1.29, 1.82) is 0 Å². The minimum Gasteiger partial charge on any atom is -0.352 e. The van der Waals surface area contributed by atoms with E-state index in [4.69, 9.17) is 0 Å². The molecular weight excluding hydrogens is 414 g/mol. The first-order valence-electron chi connectivity index (χ1n) is 8.64. The molecule has 7 heteroatoms. The van der Waals surface area contributed by atoms with Crippen LogP contribution in [0.3, 0.4) is 0 Å². The van der Waals surface area contributed by atoms with Gasteiger partial charge < -0.3 is 5.32 Å². The Kier molecular flexibility index (Phi) is 4.91. The topological polar surface area (TPSA) is 64.0 Å². The first-order valence-corrected chi connectivity index (χ1v) is 10.3. The van der Waals surface area contributed by atoms with Gasteiger partial charge in [-0.25, -0.2) is 4.98 Å². The molecular formula is C19H18BrN3O2S. The Morgan fingerprint density at radius 2 is 2.00 bits per heavy atom. The van der Waals surface area contributed by atoms with Crippen LogP contribution in [0, 0.1) is 0 Å². The number of fused-ring (bicyclic) bond motifs is 1. The molecule has 26 heavy (non-hydrogen) atoms. The number of nitrogens with one attached hydrogen (secondary N) is 1. The second-order valence-electron chi connectivity index (χ2n) is 6.56. The summed E-state index contributed by atoms with van der Waals surface area (Å²) in [6, 6.07) is 8.07. The molecule has 0 bridgehead atoms. The van der Waals surface area contributed by atoms with Gasteiger partial charge in [-0.1, -0.05) is 40.9 Å². The highest BCUT2D eigenvalue weighted by Crippen LogP contribution is 2.31. The summed E-state index contributed by atoms with van der Waals surface area (Å²) in [4.78, 5) is 30.3. The van der Waals surface area contributed by atoms with Gasteiger partial charge in [0.2, 0.25) is 5.91 Å². The van der Waals surface area contributed by atoms with Gasteiger partial charge in [0.25, 0.3) is 5.56 Å². The number of thiophene rings is 1. The van der Waals surface area contributed by atoms with E-state index in [2.05, 4.69) is 26.2 Å². The van der Waals surface area contributed by atoms with E-state index in [1.165, 1.54) is 22.2 Å². The molecule has 1 amide bonds. The average Bonchev–Trinajstić information content (AvgIpc) is 3.28. The highest BCUT2D eigenvalue weighted by atomic mass is 79.9. The molecule has 134 valence electrons. The molecule has 0 unspecified atom stereocenters. The SMILES string of the molecule is O=C(Cn1cnc2scc(-c3ccc(Br)cc3)c2c1=O)NC1CCCC1. The van der Waals surface area contributed by atoms with Crippen LogP contribution in [0.2, 0.25) is 0 Å². The van der Waals surface area contributed by atoms with E-state index in [9.17, 15) is 9.59 Å². The van der Waals surface area contributed by atoms with Gasteiger partial charge >= 0.3 is 0 Å². The first kappa shape index (κ1) is 17.4. The minimum absolute atomic E-state index is 0.00784. The summed E-state index contributed by atoms with van der Waals surface area (Å²) < 4.78 is 2.39. The maximum Gasteiger partial charge on any atom is 0.263 e. The lowest BCUT2D eigenvalue weighted by atomic mass is 10.1. The van der Waals surface area contributed by atoms with Crippen LogP contribution >= 0.6 is 27.3 Å². The van der Waals surface area contributed by atoms with E-state index in [0.717, 1.165) is 41.3 Å². The van der Waals surface area contributed by atoms with E-state index in [-0.39, 0.29) is 24.1 Å². The molecule has 0 atom stereocenters. The van der Waals surface area contributed by atoms with Crippen molar-refractivity contribution < 1.29 is 4.79 Å². The summed E-state index contributed by atoms with van der Waals surface area (Å²) in [7, 11) is 0. The van der Waals surface area contributed by atoms with Crippen LogP contribution in [0.4, 0.5) is 0 Å². The average molecular weight is 432 g/mol. The number of rotatable bonds is 4.